The van der Waals surface area contributed by atoms with Crippen molar-refractivity contribution >= 4 is 16.7 Å². The smallest absolute Gasteiger partial charge is 0.305 e. The van der Waals surface area contributed by atoms with Gasteiger partial charge in [-0.05, 0) is 29.8 Å². The normalized spacial score (nSPS) is 10.7. The van der Waals surface area contributed by atoms with E-state index in [2.05, 4.69) is 10.1 Å². The van der Waals surface area contributed by atoms with Gasteiger partial charge in [0, 0.05) is 18.5 Å². The summed E-state index contributed by atoms with van der Waals surface area (Å²) in [4.78, 5) is 11.0. The van der Waals surface area contributed by atoms with Gasteiger partial charge in [-0.2, -0.15) is 0 Å². The molecule has 0 bridgehead atoms. The van der Waals surface area contributed by atoms with Crippen LogP contribution >= 0.6 is 0 Å². The lowest BCUT2D eigenvalue weighted by Crippen LogP contribution is -2.16. The number of fused-ring (bicyclic) bond motifs is 1. The Labute approximate surface area is 118 Å². The van der Waals surface area contributed by atoms with Gasteiger partial charge in [-0.1, -0.05) is 30.3 Å². The van der Waals surface area contributed by atoms with E-state index in [0.717, 1.165) is 22.8 Å². The second kappa shape index (κ2) is 6.91. The first-order chi connectivity index (χ1) is 9.72. The Morgan fingerprint density at radius 1 is 1.25 bits per heavy atom. The second-order valence-electron chi connectivity index (χ2n) is 4.64. The van der Waals surface area contributed by atoms with E-state index >= 15 is 0 Å². The third-order valence-corrected chi connectivity index (χ3v) is 3.28. The molecule has 0 fully saturated rings. The largest absolute Gasteiger partial charge is 0.508 e. The summed E-state index contributed by atoms with van der Waals surface area (Å²) in [5.74, 6) is 0.101. The third kappa shape index (κ3) is 3.48. The average Bonchev–Trinajstić information content (AvgIpc) is 2.48. The van der Waals surface area contributed by atoms with Crippen molar-refractivity contribution in [3.05, 3.63) is 42.0 Å². The molecule has 0 amide bonds. The Morgan fingerprint density at radius 3 is 2.85 bits per heavy atom. The van der Waals surface area contributed by atoms with E-state index in [0.29, 0.717) is 25.3 Å². The van der Waals surface area contributed by atoms with Crippen molar-refractivity contribution in [2.75, 3.05) is 13.7 Å². The highest BCUT2D eigenvalue weighted by molar-refractivity contribution is 5.87. The third-order valence-electron chi connectivity index (χ3n) is 3.28. The fourth-order valence-electron chi connectivity index (χ4n) is 2.18. The summed E-state index contributed by atoms with van der Waals surface area (Å²) < 4.78 is 4.59. The monoisotopic (exact) mass is 273 g/mol. The van der Waals surface area contributed by atoms with Gasteiger partial charge in [0.25, 0.3) is 0 Å². The molecule has 0 unspecified atom stereocenters. The Bertz CT molecular complexity index is 595. The second-order valence-corrected chi connectivity index (χ2v) is 4.64. The van der Waals surface area contributed by atoms with Gasteiger partial charge in [0.05, 0.1) is 7.11 Å². The molecule has 0 heterocycles. The van der Waals surface area contributed by atoms with Gasteiger partial charge in [-0.15, -0.1) is 0 Å². The van der Waals surface area contributed by atoms with Crippen LogP contribution in [0.25, 0.3) is 10.8 Å². The highest BCUT2D eigenvalue weighted by atomic mass is 16.5. The predicted molar refractivity (Wildman–Crippen MR) is 78.6 cm³/mol. The van der Waals surface area contributed by atoms with Crippen molar-refractivity contribution < 1.29 is 14.6 Å². The van der Waals surface area contributed by atoms with Crippen molar-refractivity contribution in [2.24, 2.45) is 0 Å². The number of methoxy groups -OCH3 is 1. The molecule has 0 atom stereocenters. The van der Waals surface area contributed by atoms with Gasteiger partial charge in [0.15, 0.2) is 0 Å². The van der Waals surface area contributed by atoms with Crippen molar-refractivity contribution in [1.82, 2.24) is 5.32 Å². The maximum atomic E-state index is 11.0. The maximum absolute atomic E-state index is 11.0. The van der Waals surface area contributed by atoms with Crippen LogP contribution in [-0.2, 0) is 16.1 Å². The lowest BCUT2D eigenvalue weighted by Gasteiger charge is -2.10. The summed E-state index contributed by atoms with van der Waals surface area (Å²) in [5, 5.41) is 15.4. The Kier molecular flexibility index (Phi) is 4.96. The zero-order chi connectivity index (χ0) is 14.4. The zero-order valence-corrected chi connectivity index (χ0v) is 11.6. The van der Waals surface area contributed by atoms with Crippen LogP contribution in [0.1, 0.15) is 18.4 Å². The SMILES string of the molecule is COC(=O)CCCNCc1c(O)ccc2ccccc12. The van der Waals surface area contributed by atoms with Gasteiger partial charge >= 0.3 is 5.97 Å². The van der Waals surface area contributed by atoms with Crippen LogP contribution in [0.5, 0.6) is 5.75 Å². The number of esters is 1. The highest BCUT2D eigenvalue weighted by Crippen LogP contribution is 2.26. The molecule has 2 aromatic carbocycles. The van der Waals surface area contributed by atoms with Crippen LogP contribution in [-0.4, -0.2) is 24.7 Å². The molecule has 20 heavy (non-hydrogen) atoms. The number of ether oxygens (including phenoxy) is 1. The molecule has 2 N–H and O–H groups in total. The highest BCUT2D eigenvalue weighted by Gasteiger charge is 2.06. The number of benzene rings is 2. The van der Waals surface area contributed by atoms with Gasteiger partial charge in [0.2, 0.25) is 0 Å². The van der Waals surface area contributed by atoms with E-state index in [1.807, 2.05) is 30.3 Å². The molecule has 0 spiro atoms. The molecule has 0 saturated carbocycles. The minimum Gasteiger partial charge on any atom is -0.508 e. The summed E-state index contributed by atoms with van der Waals surface area (Å²) in [5.41, 5.74) is 0.890. The van der Waals surface area contributed by atoms with Crippen LogP contribution in [0.3, 0.4) is 0 Å². The average molecular weight is 273 g/mol. The fraction of sp³-hybridized carbons (Fsp3) is 0.312. The first-order valence-electron chi connectivity index (χ1n) is 6.69. The number of rotatable bonds is 6. The lowest BCUT2D eigenvalue weighted by atomic mass is 10.0. The summed E-state index contributed by atoms with van der Waals surface area (Å²) in [6.07, 6.45) is 1.13. The van der Waals surface area contributed by atoms with E-state index in [-0.39, 0.29) is 5.97 Å². The molecule has 2 rings (SSSR count). The van der Waals surface area contributed by atoms with Crippen molar-refractivity contribution in [1.29, 1.82) is 0 Å². The Hall–Kier alpha value is -2.07. The molecule has 4 heteroatoms. The standard InChI is InChI=1S/C16H19NO3/c1-20-16(19)7-4-10-17-11-14-13-6-3-2-5-12(13)8-9-15(14)18/h2-3,5-6,8-9,17-18H,4,7,10-11H2,1H3. The number of carbonyl (C=O) groups excluding carboxylic acids is 1. The topological polar surface area (TPSA) is 58.6 Å². The molecular weight excluding hydrogens is 254 g/mol. The van der Waals surface area contributed by atoms with Crippen molar-refractivity contribution in [2.45, 2.75) is 19.4 Å². The zero-order valence-electron chi connectivity index (χ0n) is 11.6. The number of carbonyl (C=O) groups is 1. The number of phenolic OH excluding ortho intramolecular Hbond substituents is 1. The maximum Gasteiger partial charge on any atom is 0.305 e. The molecule has 4 nitrogen and oxygen atoms in total. The number of aromatic hydroxyl groups is 1. The molecule has 0 aliphatic heterocycles. The molecule has 2 aromatic rings. The van der Waals surface area contributed by atoms with Gasteiger partial charge in [-0.25, -0.2) is 0 Å². The van der Waals surface area contributed by atoms with Crippen LogP contribution in [0, 0.1) is 0 Å². The molecule has 0 aliphatic rings. The lowest BCUT2D eigenvalue weighted by molar-refractivity contribution is -0.140. The summed E-state index contributed by atoms with van der Waals surface area (Å²) >= 11 is 0. The van der Waals surface area contributed by atoms with E-state index in [9.17, 15) is 9.90 Å². The molecule has 0 saturated heterocycles. The summed E-state index contributed by atoms with van der Waals surface area (Å²) in [7, 11) is 1.39. The first kappa shape index (κ1) is 14.3. The quantitative estimate of drug-likeness (QED) is 0.627. The summed E-state index contributed by atoms with van der Waals surface area (Å²) in [6.45, 7) is 1.28. The molecule has 0 radical (unpaired) electrons. The van der Waals surface area contributed by atoms with Crippen molar-refractivity contribution in [3.8, 4) is 5.75 Å². The van der Waals surface area contributed by atoms with Crippen LogP contribution in [0.2, 0.25) is 0 Å². The fourth-order valence-corrected chi connectivity index (χ4v) is 2.18. The van der Waals surface area contributed by atoms with Crippen LogP contribution in [0.15, 0.2) is 36.4 Å². The van der Waals surface area contributed by atoms with Gasteiger partial charge in [0.1, 0.15) is 5.75 Å². The number of hydrogen-bond donors (Lipinski definition) is 2. The van der Waals surface area contributed by atoms with Crippen LogP contribution < -0.4 is 5.32 Å². The molecule has 0 aliphatic carbocycles. The van der Waals surface area contributed by atoms with E-state index < -0.39 is 0 Å². The molecule has 106 valence electrons. The predicted octanol–water partition coefficient (Wildman–Crippen LogP) is 2.59. The van der Waals surface area contributed by atoms with Crippen LogP contribution in [0.4, 0.5) is 0 Å². The van der Waals surface area contributed by atoms with E-state index in [1.54, 1.807) is 6.07 Å². The Morgan fingerprint density at radius 2 is 2.05 bits per heavy atom. The molecular formula is C16H19NO3. The van der Waals surface area contributed by atoms with Crippen molar-refractivity contribution in [3.63, 3.8) is 0 Å². The molecule has 0 aromatic heterocycles. The number of nitrogens with one attached hydrogen (secondary N) is 1. The first-order valence-corrected chi connectivity index (χ1v) is 6.69. The number of hydrogen-bond acceptors (Lipinski definition) is 4. The van der Waals surface area contributed by atoms with Gasteiger partial charge < -0.3 is 15.2 Å². The Balaban J connectivity index is 1.96. The minimum absolute atomic E-state index is 0.195. The van der Waals surface area contributed by atoms with E-state index in [1.165, 1.54) is 7.11 Å². The van der Waals surface area contributed by atoms with E-state index in [4.69, 9.17) is 0 Å². The van der Waals surface area contributed by atoms with Gasteiger partial charge in [-0.3, -0.25) is 4.79 Å². The summed E-state index contributed by atoms with van der Waals surface area (Å²) in [6, 6.07) is 11.6. The number of phenols is 1. The minimum atomic E-state index is -0.195.